The monoisotopic (exact) mass is 248 g/mol. The highest BCUT2D eigenvalue weighted by Gasteiger charge is 2.25. The molecule has 2 N–H and O–H groups in total. The Bertz CT molecular complexity index is 387. The normalized spacial score (nSPS) is 15.5. The summed E-state index contributed by atoms with van der Waals surface area (Å²) >= 11 is 0. The lowest BCUT2D eigenvalue weighted by atomic mass is 9.91. The van der Waals surface area contributed by atoms with Crippen LogP contribution < -0.4 is 10.6 Å². The second-order valence-electron chi connectivity index (χ2n) is 5.06. The average Bonchev–Trinajstić information content (AvgIpc) is 2.31. The van der Waals surface area contributed by atoms with Crippen molar-refractivity contribution in [1.82, 2.24) is 9.97 Å². The number of rotatable bonds is 6. The van der Waals surface area contributed by atoms with Crippen LogP contribution in [0.3, 0.4) is 0 Å². The van der Waals surface area contributed by atoms with E-state index in [0.717, 1.165) is 43.3 Å². The van der Waals surface area contributed by atoms with E-state index >= 15 is 0 Å². The lowest BCUT2D eigenvalue weighted by Gasteiger charge is -2.38. The van der Waals surface area contributed by atoms with Gasteiger partial charge in [-0.3, -0.25) is 0 Å². The SMILES string of the molecule is CCc1nc(C)cc(N(CCCN)C2CCC2)n1. The van der Waals surface area contributed by atoms with Crippen molar-refractivity contribution in [2.75, 3.05) is 18.0 Å². The fraction of sp³-hybridized carbons (Fsp3) is 0.714. The van der Waals surface area contributed by atoms with Crippen LogP contribution in [-0.2, 0) is 6.42 Å². The first-order chi connectivity index (χ1) is 8.74. The van der Waals surface area contributed by atoms with Gasteiger partial charge in [0, 0.05) is 30.8 Å². The van der Waals surface area contributed by atoms with E-state index in [1.165, 1.54) is 19.3 Å². The van der Waals surface area contributed by atoms with Gasteiger partial charge >= 0.3 is 0 Å². The van der Waals surface area contributed by atoms with Gasteiger partial charge in [-0.25, -0.2) is 9.97 Å². The van der Waals surface area contributed by atoms with E-state index in [4.69, 9.17) is 5.73 Å². The number of aryl methyl sites for hydroxylation is 2. The third kappa shape index (κ3) is 2.99. The first-order valence-corrected chi connectivity index (χ1v) is 7.06. The lowest BCUT2D eigenvalue weighted by Crippen LogP contribution is -2.42. The number of hydrogen-bond donors (Lipinski definition) is 1. The molecule has 1 heterocycles. The summed E-state index contributed by atoms with van der Waals surface area (Å²) in [5.74, 6) is 2.04. The molecular formula is C14H24N4. The van der Waals surface area contributed by atoms with Gasteiger partial charge < -0.3 is 10.6 Å². The van der Waals surface area contributed by atoms with Crippen molar-refractivity contribution in [2.45, 2.75) is 52.0 Å². The molecule has 4 heteroatoms. The Morgan fingerprint density at radius 2 is 2.17 bits per heavy atom. The van der Waals surface area contributed by atoms with E-state index in [1.54, 1.807) is 0 Å². The molecular weight excluding hydrogens is 224 g/mol. The Balaban J connectivity index is 2.19. The van der Waals surface area contributed by atoms with Crippen molar-refractivity contribution in [3.63, 3.8) is 0 Å². The first-order valence-electron chi connectivity index (χ1n) is 7.06. The molecule has 1 aliphatic rings. The molecule has 2 rings (SSSR count). The Kier molecular flexibility index (Phi) is 4.53. The van der Waals surface area contributed by atoms with Crippen LogP contribution in [0.15, 0.2) is 6.07 Å². The Morgan fingerprint density at radius 3 is 2.72 bits per heavy atom. The highest BCUT2D eigenvalue weighted by atomic mass is 15.2. The van der Waals surface area contributed by atoms with Crippen LogP contribution in [0.1, 0.15) is 44.1 Å². The smallest absolute Gasteiger partial charge is 0.132 e. The third-order valence-electron chi connectivity index (χ3n) is 3.62. The van der Waals surface area contributed by atoms with Crippen LogP contribution in [0.2, 0.25) is 0 Å². The topological polar surface area (TPSA) is 55.0 Å². The largest absolute Gasteiger partial charge is 0.353 e. The van der Waals surface area contributed by atoms with Crippen LogP contribution in [-0.4, -0.2) is 29.1 Å². The summed E-state index contributed by atoms with van der Waals surface area (Å²) in [5.41, 5.74) is 6.70. The Hall–Kier alpha value is -1.16. The van der Waals surface area contributed by atoms with Crippen LogP contribution >= 0.6 is 0 Å². The molecule has 0 radical (unpaired) electrons. The quantitative estimate of drug-likeness (QED) is 0.837. The van der Waals surface area contributed by atoms with Gasteiger partial charge in [0.1, 0.15) is 11.6 Å². The average molecular weight is 248 g/mol. The van der Waals surface area contributed by atoms with Crippen LogP contribution in [0, 0.1) is 6.92 Å². The van der Waals surface area contributed by atoms with Gasteiger partial charge in [0.05, 0.1) is 0 Å². The minimum atomic E-state index is 0.663. The van der Waals surface area contributed by atoms with Crippen molar-refractivity contribution in [2.24, 2.45) is 5.73 Å². The number of nitrogens with two attached hydrogens (primary N) is 1. The molecule has 1 aromatic heterocycles. The molecule has 0 unspecified atom stereocenters. The summed E-state index contributed by atoms with van der Waals surface area (Å²) in [6, 6.07) is 2.77. The summed E-state index contributed by atoms with van der Waals surface area (Å²) < 4.78 is 0. The fourth-order valence-corrected chi connectivity index (χ4v) is 2.36. The van der Waals surface area contributed by atoms with E-state index in [0.29, 0.717) is 6.04 Å². The second-order valence-corrected chi connectivity index (χ2v) is 5.06. The van der Waals surface area contributed by atoms with Crippen LogP contribution in [0.4, 0.5) is 5.82 Å². The molecule has 0 aliphatic heterocycles. The van der Waals surface area contributed by atoms with E-state index in [-0.39, 0.29) is 0 Å². The third-order valence-corrected chi connectivity index (χ3v) is 3.62. The minimum Gasteiger partial charge on any atom is -0.353 e. The predicted molar refractivity (Wildman–Crippen MR) is 74.8 cm³/mol. The molecule has 1 saturated carbocycles. The Morgan fingerprint density at radius 1 is 1.39 bits per heavy atom. The highest BCUT2D eigenvalue weighted by molar-refractivity contribution is 5.41. The molecule has 1 aliphatic carbocycles. The summed E-state index contributed by atoms with van der Waals surface area (Å²) in [5, 5.41) is 0. The second kappa shape index (κ2) is 6.14. The van der Waals surface area contributed by atoms with Gasteiger partial charge in [0.2, 0.25) is 0 Å². The van der Waals surface area contributed by atoms with Gasteiger partial charge in [-0.1, -0.05) is 6.92 Å². The van der Waals surface area contributed by atoms with Gasteiger partial charge in [-0.15, -0.1) is 0 Å². The van der Waals surface area contributed by atoms with Crippen molar-refractivity contribution < 1.29 is 0 Å². The first kappa shape index (κ1) is 13.3. The molecule has 0 bridgehead atoms. The van der Waals surface area contributed by atoms with Crippen molar-refractivity contribution in [1.29, 1.82) is 0 Å². The molecule has 0 spiro atoms. The van der Waals surface area contributed by atoms with Crippen LogP contribution in [0.25, 0.3) is 0 Å². The number of nitrogens with zero attached hydrogens (tertiary/aromatic N) is 3. The number of hydrogen-bond acceptors (Lipinski definition) is 4. The summed E-state index contributed by atoms with van der Waals surface area (Å²) in [4.78, 5) is 11.6. The maximum Gasteiger partial charge on any atom is 0.132 e. The highest BCUT2D eigenvalue weighted by Crippen LogP contribution is 2.28. The van der Waals surface area contributed by atoms with Gasteiger partial charge in [-0.05, 0) is 39.2 Å². The maximum atomic E-state index is 5.64. The summed E-state index contributed by atoms with van der Waals surface area (Å²) in [6.45, 7) is 5.91. The molecule has 18 heavy (non-hydrogen) atoms. The lowest BCUT2D eigenvalue weighted by molar-refractivity contribution is 0.382. The van der Waals surface area contributed by atoms with Gasteiger partial charge in [0.25, 0.3) is 0 Å². The zero-order valence-electron chi connectivity index (χ0n) is 11.5. The number of aromatic nitrogens is 2. The molecule has 1 aromatic rings. The number of anilines is 1. The van der Waals surface area contributed by atoms with Crippen LogP contribution in [0.5, 0.6) is 0 Å². The Labute approximate surface area is 110 Å². The molecule has 100 valence electrons. The van der Waals surface area contributed by atoms with Crippen molar-refractivity contribution >= 4 is 5.82 Å². The minimum absolute atomic E-state index is 0.663. The fourth-order valence-electron chi connectivity index (χ4n) is 2.36. The standard InChI is InChI=1S/C14H24N4/c1-3-13-16-11(2)10-14(17-13)18(9-5-8-15)12-6-4-7-12/h10,12H,3-9,15H2,1-2H3. The van der Waals surface area contributed by atoms with E-state index < -0.39 is 0 Å². The molecule has 0 amide bonds. The zero-order chi connectivity index (χ0) is 13.0. The predicted octanol–water partition coefficient (Wildman–Crippen LogP) is 2.06. The van der Waals surface area contributed by atoms with E-state index in [1.807, 2.05) is 6.92 Å². The zero-order valence-corrected chi connectivity index (χ0v) is 11.5. The molecule has 0 saturated heterocycles. The summed E-state index contributed by atoms with van der Waals surface area (Å²) in [7, 11) is 0. The van der Waals surface area contributed by atoms with Crippen molar-refractivity contribution in [3.8, 4) is 0 Å². The molecule has 0 aromatic carbocycles. The van der Waals surface area contributed by atoms with E-state index in [2.05, 4.69) is 27.9 Å². The van der Waals surface area contributed by atoms with Gasteiger partial charge in [0.15, 0.2) is 0 Å². The molecule has 1 fully saturated rings. The maximum absolute atomic E-state index is 5.64. The molecule has 4 nitrogen and oxygen atoms in total. The van der Waals surface area contributed by atoms with Crippen molar-refractivity contribution in [3.05, 3.63) is 17.6 Å². The van der Waals surface area contributed by atoms with Gasteiger partial charge in [-0.2, -0.15) is 0 Å². The van der Waals surface area contributed by atoms with E-state index in [9.17, 15) is 0 Å². The molecule has 0 atom stereocenters. The summed E-state index contributed by atoms with van der Waals surface area (Å²) in [6.07, 6.45) is 5.84.